The first-order valence-electron chi connectivity index (χ1n) is 5.66. The Morgan fingerprint density at radius 3 is 2.25 bits per heavy atom. The van der Waals surface area contributed by atoms with Crippen LogP contribution in [0.4, 0.5) is 0 Å². The lowest BCUT2D eigenvalue weighted by Crippen LogP contribution is -2.47. The summed E-state index contributed by atoms with van der Waals surface area (Å²) in [7, 11) is -3.12. The molecule has 0 bridgehead atoms. The zero-order valence-electron chi connectivity index (χ0n) is 9.81. The second kappa shape index (κ2) is 5.00. The van der Waals surface area contributed by atoms with Crippen LogP contribution in [0.5, 0.6) is 0 Å². The molecule has 0 aromatic rings. The van der Waals surface area contributed by atoms with Crippen molar-refractivity contribution in [1.82, 2.24) is 5.32 Å². The molecule has 0 amide bonds. The Kier molecular flexibility index (Phi) is 4.34. The molecule has 2 atom stereocenters. The fourth-order valence-corrected chi connectivity index (χ4v) is 3.62. The largest absolute Gasteiger partial charge is 0.390 e. The molecule has 6 heteroatoms. The van der Waals surface area contributed by atoms with E-state index in [1.54, 1.807) is 0 Å². The molecule has 5 nitrogen and oxygen atoms in total. The smallest absolute Gasteiger partial charge is 0.154 e. The number of hydrogen-bond acceptors (Lipinski definition) is 5. The first-order valence-corrected chi connectivity index (χ1v) is 7.48. The van der Waals surface area contributed by atoms with Gasteiger partial charge in [-0.05, 0) is 12.8 Å². The van der Waals surface area contributed by atoms with Crippen LogP contribution in [0.25, 0.3) is 0 Å². The van der Waals surface area contributed by atoms with Crippen molar-refractivity contribution in [2.45, 2.75) is 44.4 Å². The van der Waals surface area contributed by atoms with Crippen molar-refractivity contribution in [2.24, 2.45) is 0 Å². The summed E-state index contributed by atoms with van der Waals surface area (Å²) < 4.78 is 22.5. The fourth-order valence-electron chi connectivity index (χ4n) is 1.85. The molecule has 1 heterocycles. The van der Waals surface area contributed by atoms with E-state index < -0.39 is 27.6 Å². The Balaban J connectivity index is 2.51. The van der Waals surface area contributed by atoms with Crippen molar-refractivity contribution >= 4 is 9.84 Å². The van der Waals surface area contributed by atoms with Gasteiger partial charge in [-0.3, -0.25) is 0 Å². The molecule has 0 spiro atoms. The summed E-state index contributed by atoms with van der Waals surface area (Å²) in [5, 5.41) is 22.5. The highest BCUT2D eigenvalue weighted by Crippen LogP contribution is 2.16. The molecule has 0 saturated carbocycles. The number of rotatable bonds is 5. The molecule has 1 aliphatic rings. The summed E-state index contributed by atoms with van der Waals surface area (Å²) in [5.41, 5.74) is -0.813. The van der Waals surface area contributed by atoms with E-state index in [4.69, 9.17) is 0 Å². The lowest BCUT2D eigenvalue weighted by atomic mass is 9.97. The van der Waals surface area contributed by atoms with Gasteiger partial charge in [0, 0.05) is 12.6 Å². The zero-order valence-corrected chi connectivity index (χ0v) is 10.6. The van der Waals surface area contributed by atoms with Crippen LogP contribution in [0.3, 0.4) is 0 Å². The maximum atomic E-state index is 11.3. The molecular weight excluding hydrogens is 230 g/mol. The van der Waals surface area contributed by atoms with Gasteiger partial charge in [0.25, 0.3) is 0 Å². The van der Waals surface area contributed by atoms with Crippen LogP contribution in [-0.2, 0) is 9.84 Å². The van der Waals surface area contributed by atoms with Crippen LogP contribution >= 0.6 is 0 Å². The van der Waals surface area contributed by atoms with Gasteiger partial charge in [0.15, 0.2) is 9.84 Å². The Labute approximate surface area is 96.8 Å². The third-order valence-electron chi connectivity index (χ3n) is 3.33. The van der Waals surface area contributed by atoms with E-state index in [0.717, 1.165) is 0 Å². The molecule has 96 valence electrons. The Bertz CT molecular complexity index is 324. The Hall–Kier alpha value is -0.170. The molecule has 0 aromatic carbocycles. The molecule has 1 fully saturated rings. The van der Waals surface area contributed by atoms with E-state index in [-0.39, 0.29) is 11.5 Å². The van der Waals surface area contributed by atoms with Crippen molar-refractivity contribution in [2.75, 3.05) is 18.1 Å². The highest BCUT2D eigenvalue weighted by Gasteiger charge is 2.37. The lowest BCUT2D eigenvalue weighted by molar-refractivity contribution is 0.0259. The molecule has 1 aliphatic heterocycles. The minimum absolute atomic E-state index is 0.0440. The number of hydrogen-bond donors (Lipinski definition) is 3. The standard InChI is InChI=1S/C10H21NO4S/c1-3-10(13,4-2)7-11-8-5-16(14,15)6-9(8)12/h8-9,11-13H,3-7H2,1-2H3. The van der Waals surface area contributed by atoms with Crippen molar-refractivity contribution in [3.63, 3.8) is 0 Å². The van der Waals surface area contributed by atoms with Crippen molar-refractivity contribution in [1.29, 1.82) is 0 Å². The van der Waals surface area contributed by atoms with Crippen molar-refractivity contribution < 1.29 is 18.6 Å². The molecule has 1 saturated heterocycles. The van der Waals surface area contributed by atoms with Crippen molar-refractivity contribution in [3.05, 3.63) is 0 Å². The maximum absolute atomic E-state index is 11.3. The van der Waals surface area contributed by atoms with Crippen LogP contribution in [0, 0.1) is 0 Å². The van der Waals surface area contributed by atoms with Crippen LogP contribution < -0.4 is 5.32 Å². The number of aliphatic hydroxyl groups is 2. The monoisotopic (exact) mass is 251 g/mol. The predicted octanol–water partition coefficient (Wildman–Crippen LogP) is -0.715. The SMILES string of the molecule is CCC(O)(CC)CNC1CS(=O)(=O)CC1O. The van der Waals surface area contributed by atoms with Gasteiger partial charge >= 0.3 is 0 Å². The van der Waals surface area contributed by atoms with Gasteiger partial charge in [-0.1, -0.05) is 13.8 Å². The molecule has 3 N–H and O–H groups in total. The number of aliphatic hydroxyl groups excluding tert-OH is 1. The summed E-state index contributed by atoms with van der Waals surface area (Å²) in [4.78, 5) is 0. The summed E-state index contributed by atoms with van der Waals surface area (Å²) >= 11 is 0. The van der Waals surface area contributed by atoms with Crippen molar-refractivity contribution in [3.8, 4) is 0 Å². The fraction of sp³-hybridized carbons (Fsp3) is 1.00. The van der Waals surface area contributed by atoms with Crippen LogP contribution in [0.15, 0.2) is 0 Å². The first kappa shape index (κ1) is 13.9. The molecule has 1 rings (SSSR count). The minimum atomic E-state index is -3.12. The molecule has 0 aliphatic carbocycles. The summed E-state index contributed by atoms with van der Waals surface area (Å²) in [6.07, 6.45) is 0.348. The van der Waals surface area contributed by atoms with Gasteiger partial charge in [-0.2, -0.15) is 0 Å². The average molecular weight is 251 g/mol. The Morgan fingerprint density at radius 2 is 1.88 bits per heavy atom. The topological polar surface area (TPSA) is 86.6 Å². The van der Waals surface area contributed by atoms with Gasteiger partial charge in [0.2, 0.25) is 0 Å². The highest BCUT2D eigenvalue weighted by molar-refractivity contribution is 7.91. The predicted molar refractivity (Wildman–Crippen MR) is 62.0 cm³/mol. The van der Waals surface area contributed by atoms with E-state index in [2.05, 4.69) is 5.32 Å². The number of sulfone groups is 1. The highest BCUT2D eigenvalue weighted by atomic mass is 32.2. The average Bonchev–Trinajstić information content (AvgIpc) is 2.48. The quantitative estimate of drug-likeness (QED) is 0.600. The first-order chi connectivity index (χ1) is 7.32. The molecule has 16 heavy (non-hydrogen) atoms. The maximum Gasteiger partial charge on any atom is 0.154 e. The normalized spacial score (nSPS) is 29.5. The lowest BCUT2D eigenvalue weighted by Gasteiger charge is -2.28. The van der Waals surface area contributed by atoms with E-state index in [1.807, 2.05) is 13.8 Å². The molecule has 0 aromatic heterocycles. The van der Waals surface area contributed by atoms with E-state index >= 15 is 0 Å². The van der Waals surface area contributed by atoms with Gasteiger partial charge in [-0.25, -0.2) is 8.42 Å². The van der Waals surface area contributed by atoms with Gasteiger partial charge in [-0.15, -0.1) is 0 Å². The molecule has 0 radical (unpaired) electrons. The summed E-state index contributed by atoms with van der Waals surface area (Å²) in [6.45, 7) is 4.08. The molecule has 2 unspecified atom stereocenters. The third kappa shape index (κ3) is 3.41. The van der Waals surface area contributed by atoms with Crippen LogP contribution in [0.2, 0.25) is 0 Å². The Morgan fingerprint density at radius 1 is 1.31 bits per heavy atom. The summed E-state index contributed by atoms with van der Waals surface area (Å²) in [5.74, 6) is -0.223. The van der Waals surface area contributed by atoms with Crippen LogP contribution in [0.1, 0.15) is 26.7 Å². The van der Waals surface area contributed by atoms with E-state index in [1.165, 1.54) is 0 Å². The number of nitrogens with one attached hydrogen (secondary N) is 1. The zero-order chi connectivity index (χ0) is 12.4. The summed E-state index contributed by atoms with van der Waals surface area (Å²) in [6, 6.07) is -0.449. The van der Waals surface area contributed by atoms with Gasteiger partial charge in [0.1, 0.15) is 0 Å². The second-order valence-electron chi connectivity index (χ2n) is 4.56. The van der Waals surface area contributed by atoms with E-state index in [0.29, 0.717) is 19.4 Å². The van der Waals surface area contributed by atoms with E-state index in [9.17, 15) is 18.6 Å². The van der Waals surface area contributed by atoms with Gasteiger partial charge in [0.05, 0.1) is 23.2 Å². The van der Waals surface area contributed by atoms with Gasteiger partial charge < -0.3 is 15.5 Å². The van der Waals surface area contributed by atoms with Crippen LogP contribution in [-0.4, -0.2) is 54.4 Å². The second-order valence-corrected chi connectivity index (χ2v) is 6.72. The minimum Gasteiger partial charge on any atom is -0.390 e. The molecular formula is C10H21NO4S. The third-order valence-corrected chi connectivity index (χ3v) is 5.05.